The van der Waals surface area contributed by atoms with E-state index in [0.29, 0.717) is 5.56 Å². The first-order valence-electron chi connectivity index (χ1n) is 7.70. The number of aliphatic imine (C=N–C) groups is 1. The van der Waals surface area contributed by atoms with Crippen LogP contribution >= 0.6 is 0 Å². The minimum absolute atomic E-state index is 0.150. The molecule has 1 saturated heterocycles. The van der Waals surface area contributed by atoms with Crippen molar-refractivity contribution in [2.75, 3.05) is 13.1 Å². The van der Waals surface area contributed by atoms with E-state index >= 15 is 0 Å². The Morgan fingerprint density at radius 1 is 1.32 bits per heavy atom. The highest BCUT2D eigenvalue weighted by atomic mass is 16.6. The van der Waals surface area contributed by atoms with Gasteiger partial charge in [-0.2, -0.15) is 0 Å². The largest absolute Gasteiger partial charge is 0.372 e. The van der Waals surface area contributed by atoms with Crippen molar-refractivity contribution in [2.24, 2.45) is 10.9 Å². The Bertz CT molecular complexity index is 755. The van der Waals surface area contributed by atoms with Crippen LogP contribution in [0.2, 0.25) is 0 Å². The van der Waals surface area contributed by atoms with Gasteiger partial charge in [-0.3, -0.25) is 15.1 Å². The number of nitrogens with zero attached hydrogens (tertiary/aromatic N) is 3. The quantitative estimate of drug-likeness (QED) is 0.617. The molecule has 22 heavy (non-hydrogen) atoms. The minimum atomic E-state index is -0.309. The fraction of sp³-hybridized carbons (Fsp3) is 0.353. The number of allylic oxidation sites excluding steroid dienone is 3. The van der Waals surface area contributed by atoms with Gasteiger partial charge in [-0.25, -0.2) is 0 Å². The zero-order valence-corrected chi connectivity index (χ0v) is 12.5. The second-order valence-corrected chi connectivity index (χ2v) is 6.06. The minimum Gasteiger partial charge on any atom is -0.372 e. The lowest BCUT2D eigenvalue weighted by Gasteiger charge is -2.25. The van der Waals surface area contributed by atoms with Crippen LogP contribution in [0.25, 0.3) is 5.57 Å². The molecule has 0 radical (unpaired) electrons. The van der Waals surface area contributed by atoms with Crippen LogP contribution in [-0.2, 0) is 0 Å². The maximum Gasteiger partial charge on any atom is 0.279 e. The van der Waals surface area contributed by atoms with Gasteiger partial charge in [0.2, 0.25) is 0 Å². The highest BCUT2D eigenvalue weighted by Crippen LogP contribution is 2.45. The number of nitro groups is 1. The molecule has 1 aromatic rings. The summed E-state index contributed by atoms with van der Waals surface area (Å²) in [6.45, 7) is 4.25. The summed E-state index contributed by atoms with van der Waals surface area (Å²) in [6.07, 6.45) is 6.74. The molecule has 0 aromatic heterocycles. The van der Waals surface area contributed by atoms with E-state index in [4.69, 9.17) is 0 Å². The smallest absolute Gasteiger partial charge is 0.279 e. The summed E-state index contributed by atoms with van der Waals surface area (Å²) in [5, 5.41) is 11.4. The summed E-state index contributed by atoms with van der Waals surface area (Å²) in [5.41, 5.74) is 4.62. The second kappa shape index (κ2) is 4.80. The summed E-state index contributed by atoms with van der Waals surface area (Å²) in [6, 6.07) is 5.13. The molecule has 2 aliphatic heterocycles. The molecule has 2 heterocycles. The van der Waals surface area contributed by atoms with Crippen LogP contribution in [0.3, 0.4) is 0 Å². The Morgan fingerprint density at radius 2 is 2.09 bits per heavy atom. The van der Waals surface area contributed by atoms with Gasteiger partial charge in [0, 0.05) is 36.3 Å². The van der Waals surface area contributed by atoms with Gasteiger partial charge in [-0.1, -0.05) is 19.1 Å². The van der Waals surface area contributed by atoms with Crippen LogP contribution < -0.4 is 0 Å². The molecule has 1 aliphatic carbocycles. The van der Waals surface area contributed by atoms with Crippen LogP contribution in [-0.4, -0.2) is 28.6 Å². The van der Waals surface area contributed by atoms with Crippen molar-refractivity contribution >= 4 is 22.7 Å². The lowest BCUT2D eigenvalue weighted by Crippen LogP contribution is -2.23. The van der Waals surface area contributed by atoms with Gasteiger partial charge >= 0.3 is 0 Å². The summed E-state index contributed by atoms with van der Waals surface area (Å²) in [4.78, 5) is 18.1. The van der Waals surface area contributed by atoms with Gasteiger partial charge in [-0.05, 0) is 25.0 Å². The first kappa shape index (κ1) is 13.2. The summed E-state index contributed by atoms with van der Waals surface area (Å²) in [7, 11) is 0. The van der Waals surface area contributed by atoms with Gasteiger partial charge in [0.1, 0.15) is 0 Å². The average Bonchev–Trinajstić information content (AvgIpc) is 3.14. The molecule has 112 valence electrons. The normalized spacial score (nSPS) is 22.7. The molecule has 1 atom stereocenters. The van der Waals surface area contributed by atoms with Crippen molar-refractivity contribution in [2.45, 2.75) is 19.8 Å². The Hall–Kier alpha value is -2.43. The predicted molar refractivity (Wildman–Crippen MR) is 86.2 cm³/mol. The summed E-state index contributed by atoms with van der Waals surface area (Å²) >= 11 is 0. The van der Waals surface area contributed by atoms with E-state index in [9.17, 15) is 10.1 Å². The molecule has 0 amide bonds. The van der Waals surface area contributed by atoms with Gasteiger partial charge in [0.05, 0.1) is 21.9 Å². The lowest BCUT2D eigenvalue weighted by atomic mass is 9.88. The molecule has 0 spiro atoms. The maximum absolute atomic E-state index is 11.4. The highest BCUT2D eigenvalue weighted by molar-refractivity contribution is 6.32. The van der Waals surface area contributed by atoms with Crippen molar-refractivity contribution in [1.82, 2.24) is 4.90 Å². The zero-order valence-electron chi connectivity index (χ0n) is 12.5. The van der Waals surface area contributed by atoms with Crippen LogP contribution in [0.15, 0.2) is 41.0 Å². The molecule has 5 heteroatoms. The van der Waals surface area contributed by atoms with Crippen molar-refractivity contribution < 1.29 is 4.92 Å². The highest BCUT2D eigenvalue weighted by Gasteiger charge is 2.34. The van der Waals surface area contributed by atoms with Crippen molar-refractivity contribution in [3.8, 4) is 0 Å². The first-order chi connectivity index (χ1) is 10.6. The van der Waals surface area contributed by atoms with Crippen molar-refractivity contribution in [3.05, 3.63) is 51.7 Å². The molecular formula is C17H17N3O2. The standard InChI is InChI=1S/C17H17N3O2/c1-11-9-12(19-7-2-3-8-19)10-13-16-14(18-17(11)13)5-4-6-15(16)20(21)22/h4-6,9-11H,2-3,7-8H2,1H3. The van der Waals surface area contributed by atoms with E-state index in [1.807, 2.05) is 6.07 Å². The summed E-state index contributed by atoms with van der Waals surface area (Å²) in [5.74, 6) is 0.183. The Kier molecular flexibility index (Phi) is 2.89. The predicted octanol–water partition coefficient (Wildman–Crippen LogP) is 3.69. The number of benzene rings is 1. The van der Waals surface area contributed by atoms with Gasteiger partial charge < -0.3 is 4.90 Å². The van der Waals surface area contributed by atoms with Crippen LogP contribution in [0.5, 0.6) is 0 Å². The van der Waals surface area contributed by atoms with E-state index in [1.54, 1.807) is 12.1 Å². The van der Waals surface area contributed by atoms with E-state index < -0.39 is 0 Å². The average molecular weight is 295 g/mol. The first-order valence-corrected chi connectivity index (χ1v) is 7.70. The molecule has 5 nitrogen and oxygen atoms in total. The van der Waals surface area contributed by atoms with Crippen molar-refractivity contribution in [3.63, 3.8) is 0 Å². The van der Waals surface area contributed by atoms with E-state index in [2.05, 4.69) is 29.0 Å². The molecule has 1 fully saturated rings. The number of likely N-dealkylation sites (tertiary alicyclic amines) is 1. The van der Waals surface area contributed by atoms with E-state index in [0.717, 1.165) is 30.1 Å². The molecule has 0 bridgehead atoms. The van der Waals surface area contributed by atoms with Crippen LogP contribution in [0.4, 0.5) is 11.4 Å². The van der Waals surface area contributed by atoms with Crippen molar-refractivity contribution in [1.29, 1.82) is 0 Å². The molecule has 3 aliphatic rings. The Labute approximate surface area is 128 Å². The molecule has 4 rings (SSSR count). The maximum atomic E-state index is 11.4. The third kappa shape index (κ3) is 1.89. The summed E-state index contributed by atoms with van der Waals surface area (Å²) < 4.78 is 0. The Balaban J connectivity index is 1.84. The van der Waals surface area contributed by atoms with Gasteiger partial charge in [-0.15, -0.1) is 0 Å². The number of hydrogen-bond acceptors (Lipinski definition) is 4. The number of fused-ring (bicyclic) bond motifs is 3. The van der Waals surface area contributed by atoms with Gasteiger partial charge in [0.15, 0.2) is 0 Å². The third-order valence-corrected chi connectivity index (χ3v) is 4.62. The van der Waals surface area contributed by atoms with Gasteiger partial charge in [0.25, 0.3) is 5.69 Å². The molecule has 0 N–H and O–H groups in total. The molecular weight excluding hydrogens is 278 g/mol. The molecule has 1 unspecified atom stereocenters. The monoisotopic (exact) mass is 295 g/mol. The topological polar surface area (TPSA) is 58.7 Å². The Morgan fingerprint density at radius 3 is 2.82 bits per heavy atom. The third-order valence-electron chi connectivity index (χ3n) is 4.62. The fourth-order valence-corrected chi connectivity index (χ4v) is 3.56. The lowest BCUT2D eigenvalue weighted by molar-refractivity contribution is -0.385. The molecule has 1 aromatic carbocycles. The SMILES string of the molecule is CC1C=C(N2CCCC2)C=C2C1=Nc1cccc([N+](=O)[O-])c12. The number of nitro benzene ring substituents is 1. The fourth-order valence-electron chi connectivity index (χ4n) is 3.56. The second-order valence-electron chi connectivity index (χ2n) is 6.06. The van der Waals surface area contributed by atoms with Crippen LogP contribution in [0, 0.1) is 16.0 Å². The van der Waals surface area contributed by atoms with E-state index in [1.165, 1.54) is 18.5 Å². The number of hydrogen-bond donors (Lipinski definition) is 0. The molecule has 0 saturated carbocycles. The van der Waals surface area contributed by atoms with Crippen LogP contribution in [0.1, 0.15) is 25.3 Å². The van der Waals surface area contributed by atoms with E-state index in [-0.39, 0.29) is 16.5 Å². The zero-order chi connectivity index (χ0) is 15.3. The number of rotatable bonds is 2.